The van der Waals surface area contributed by atoms with Crippen molar-refractivity contribution >= 4 is 16.7 Å². The van der Waals surface area contributed by atoms with Gasteiger partial charge >= 0.3 is 0 Å². The highest BCUT2D eigenvalue weighted by atomic mass is 19.1. The van der Waals surface area contributed by atoms with E-state index >= 15 is 0 Å². The predicted octanol–water partition coefficient (Wildman–Crippen LogP) is 3.85. The third-order valence-electron chi connectivity index (χ3n) is 2.84. The van der Waals surface area contributed by atoms with E-state index in [-0.39, 0.29) is 17.3 Å². The molecule has 18 heavy (non-hydrogen) atoms. The number of rotatable bonds is 2. The molecule has 5 heteroatoms. The molecule has 96 valence electrons. The van der Waals surface area contributed by atoms with Gasteiger partial charge in [0, 0.05) is 22.9 Å². The Morgan fingerprint density at radius 1 is 1.33 bits per heavy atom. The molecule has 0 saturated carbocycles. The quantitative estimate of drug-likeness (QED) is 0.502. The van der Waals surface area contributed by atoms with Crippen molar-refractivity contribution in [2.24, 2.45) is 11.1 Å². The van der Waals surface area contributed by atoms with Gasteiger partial charge in [-0.1, -0.05) is 19.0 Å². The highest BCUT2D eigenvalue weighted by molar-refractivity contribution is 6.04. The van der Waals surface area contributed by atoms with E-state index in [0.29, 0.717) is 16.7 Å². The van der Waals surface area contributed by atoms with E-state index in [9.17, 15) is 8.78 Å². The van der Waals surface area contributed by atoms with Gasteiger partial charge in [-0.05, 0) is 13.0 Å². The molecule has 0 bridgehead atoms. The number of oxime groups is 1. The number of hydrogen-bond acceptors (Lipinski definition) is 3. The molecule has 1 aromatic heterocycles. The van der Waals surface area contributed by atoms with Gasteiger partial charge in [0.25, 0.3) is 0 Å². The van der Waals surface area contributed by atoms with Crippen molar-refractivity contribution in [3.8, 4) is 0 Å². The molecular formula is C13H13F2NO2. The minimum Gasteiger partial charge on any atom is -0.451 e. The maximum absolute atomic E-state index is 13.6. The zero-order chi connectivity index (χ0) is 13.4. The Bertz CT molecular complexity index is 629. The molecule has 1 aromatic carbocycles. The van der Waals surface area contributed by atoms with Gasteiger partial charge in [0.1, 0.15) is 11.5 Å². The second-order valence-electron chi connectivity index (χ2n) is 4.46. The number of nitrogens with zero attached hydrogens (tertiary/aromatic N) is 1. The van der Waals surface area contributed by atoms with Crippen LogP contribution in [0.25, 0.3) is 11.0 Å². The molecule has 1 heterocycles. The SMILES string of the molecule is Cc1c(C(=NO)C(C)C)oc2c(F)cc(F)cc12. The lowest BCUT2D eigenvalue weighted by molar-refractivity contribution is 0.314. The summed E-state index contributed by atoms with van der Waals surface area (Å²) in [6.07, 6.45) is 0. The highest BCUT2D eigenvalue weighted by Gasteiger charge is 2.21. The lowest BCUT2D eigenvalue weighted by Crippen LogP contribution is -2.09. The number of benzene rings is 1. The van der Waals surface area contributed by atoms with Gasteiger partial charge in [-0.2, -0.15) is 0 Å². The molecule has 1 N–H and O–H groups in total. The molecule has 0 aliphatic carbocycles. The van der Waals surface area contributed by atoms with Crippen molar-refractivity contribution in [3.63, 3.8) is 0 Å². The molecule has 3 nitrogen and oxygen atoms in total. The molecule has 2 rings (SSSR count). The highest BCUT2D eigenvalue weighted by Crippen LogP contribution is 2.30. The van der Waals surface area contributed by atoms with Crippen LogP contribution in [0.15, 0.2) is 21.7 Å². The number of aryl methyl sites for hydroxylation is 1. The van der Waals surface area contributed by atoms with Crippen LogP contribution >= 0.6 is 0 Å². The Kier molecular flexibility index (Phi) is 3.07. The Balaban J connectivity index is 2.75. The van der Waals surface area contributed by atoms with Gasteiger partial charge in [-0.15, -0.1) is 0 Å². The van der Waals surface area contributed by atoms with Gasteiger partial charge in [0.2, 0.25) is 0 Å². The van der Waals surface area contributed by atoms with Crippen LogP contribution in [0, 0.1) is 24.5 Å². The third-order valence-corrected chi connectivity index (χ3v) is 2.84. The van der Waals surface area contributed by atoms with Crippen molar-refractivity contribution in [1.29, 1.82) is 0 Å². The lowest BCUT2D eigenvalue weighted by Gasteiger charge is -2.05. The van der Waals surface area contributed by atoms with Crippen LogP contribution in [-0.4, -0.2) is 10.9 Å². The fraction of sp³-hybridized carbons (Fsp3) is 0.308. The first-order valence-electron chi connectivity index (χ1n) is 5.56. The standard InChI is InChI=1S/C13H13F2NO2/c1-6(2)11(16-17)12-7(3)9-4-8(14)5-10(15)13(9)18-12/h4-6,17H,1-3H3. The van der Waals surface area contributed by atoms with Gasteiger partial charge in [-0.25, -0.2) is 8.78 Å². The van der Waals surface area contributed by atoms with Crippen molar-refractivity contribution in [2.75, 3.05) is 0 Å². The summed E-state index contributed by atoms with van der Waals surface area (Å²) in [7, 11) is 0. The summed E-state index contributed by atoms with van der Waals surface area (Å²) in [5.41, 5.74) is 0.846. The molecule has 2 aromatic rings. The summed E-state index contributed by atoms with van der Waals surface area (Å²) in [5.74, 6) is -1.24. The normalized spacial score (nSPS) is 12.7. The topological polar surface area (TPSA) is 45.7 Å². The largest absolute Gasteiger partial charge is 0.451 e. The van der Waals surface area contributed by atoms with Crippen molar-refractivity contribution in [3.05, 3.63) is 35.1 Å². The number of halogens is 2. The van der Waals surface area contributed by atoms with E-state index in [1.165, 1.54) is 6.07 Å². The summed E-state index contributed by atoms with van der Waals surface area (Å²) in [5, 5.41) is 12.5. The fourth-order valence-electron chi connectivity index (χ4n) is 1.91. The van der Waals surface area contributed by atoms with E-state index in [0.717, 1.165) is 6.07 Å². The third kappa shape index (κ3) is 1.85. The van der Waals surface area contributed by atoms with Gasteiger partial charge in [0.15, 0.2) is 17.2 Å². The van der Waals surface area contributed by atoms with Gasteiger partial charge < -0.3 is 9.62 Å². The van der Waals surface area contributed by atoms with E-state index in [2.05, 4.69) is 5.16 Å². The molecule has 0 aliphatic rings. The minimum atomic E-state index is -0.764. The first kappa shape index (κ1) is 12.5. The Hall–Kier alpha value is -1.91. The second kappa shape index (κ2) is 4.40. The summed E-state index contributed by atoms with van der Waals surface area (Å²) in [6, 6.07) is 1.97. The van der Waals surface area contributed by atoms with E-state index in [1.54, 1.807) is 6.92 Å². The minimum absolute atomic E-state index is 0.0225. The maximum atomic E-state index is 13.6. The summed E-state index contributed by atoms with van der Waals surface area (Å²) in [4.78, 5) is 0. The van der Waals surface area contributed by atoms with E-state index < -0.39 is 11.6 Å². The fourth-order valence-corrected chi connectivity index (χ4v) is 1.91. The zero-order valence-corrected chi connectivity index (χ0v) is 10.3. The summed E-state index contributed by atoms with van der Waals surface area (Å²) in [6.45, 7) is 5.31. The Labute approximate surface area is 103 Å². The average molecular weight is 253 g/mol. The molecular weight excluding hydrogens is 240 g/mol. The molecule has 0 amide bonds. The predicted molar refractivity (Wildman–Crippen MR) is 64.0 cm³/mol. The van der Waals surface area contributed by atoms with Crippen molar-refractivity contribution in [1.82, 2.24) is 0 Å². The van der Waals surface area contributed by atoms with Crippen LogP contribution in [0.1, 0.15) is 25.2 Å². The first-order chi connectivity index (χ1) is 8.45. The van der Waals surface area contributed by atoms with Crippen LogP contribution in [0.5, 0.6) is 0 Å². The van der Waals surface area contributed by atoms with E-state index in [1.807, 2.05) is 13.8 Å². The first-order valence-corrected chi connectivity index (χ1v) is 5.56. The molecule has 0 fully saturated rings. The monoisotopic (exact) mass is 253 g/mol. The van der Waals surface area contributed by atoms with E-state index in [4.69, 9.17) is 9.62 Å². The van der Waals surface area contributed by atoms with Crippen LogP contribution in [-0.2, 0) is 0 Å². The molecule has 0 unspecified atom stereocenters. The summed E-state index contributed by atoms with van der Waals surface area (Å²) >= 11 is 0. The number of furan rings is 1. The molecule has 0 radical (unpaired) electrons. The second-order valence-corrected chi connectivity index (χ2v) is 4.46. The molecule has 0 spiro atoms. The summed E-state index contributed by atoms with van der Waals surface area (Å²) < 4.78 is 32.1. The van der Waals surface area contributed by atoms with Crippen molar-refractivity contribution < 1.29 is 18.4 Å². The number of fused-ring (bicyclic) bond motifs is 1. The molecule has 0 saturated heterocycles. The Morgan fingerprint density at radius 3 is 2.56 bits per heavy atom. The molecule has 0 aliphatic heterocycles. The van der Waals surface area contributed by atoms with Gasteiger partial charge in [-0.3, -0.25) is 0 Å². The molecule has 0 atom stereocenters. The Morgan fingerprint density at radius 2 is 2.00 bits per heavy atom. The maximum Gasteiger partial charge on any atom is 0.170 e. The number of hydrogen-bond donors (Lipinski definition) is 1. The van der Waals surface area contributed by atoms with Gasteiger partial charge in [0.05, 0.1) is 0 Å². The van der Waals surface area contributed by atoms with Crippen LogP contribution in [0.4, 0.5) is 8.78 Å². The van der Waals surface area contributed by atoms with Crippen LogP contribution in [0.2, 0.25) is 0 Å². The average Bonchev–Trinajstić information content (AvgIpc) is 2.59. The van der Waals surface area contributed by atoms with Crippen molar-refractivity contribution in [2.45, 2.75) is 20.8 Å². The van der Waals surface area contributed by atoms with Crippen LogP contribution in [0.3, 0.4) is 0 Å². The lowest BCUT2D eigenvalue weighted by atomic mass is 10.0. The smallest absolute Gasteiger partial charge is 0.170 e. The van der Waals surface area contributed by atoms with Crippen LogP contribution < -0.4 is 0 Å². The zero-order valence-electron chi connectivity index (χ0n) is 10.3.